The molecule has 0 atom stereocenters. The molecule has 0 bridgehead atoms. The molecule has 4 nitrogen and oxygen atoms in total. The summed E-state index contributed by atoms with van der Waals surface area (Å²) in [6.45, 7) is 0. The van der Waals surface area contributed by atoms with Gasteiger partial charge in [-0.2, -0.15) is 0 Å². The summed E-state index contributed by atoms with van der Waals surface area (Å²) >= 11 is 7.57. The van der Waals surface area contributed by atoms with Gasteiger partial charge in [-0.3, -0.25) is 4.79 Å². The standard InChI is InChI=1S/C20H15ClN2O2S/c1-25-16-10-9-15(21)19-18(16)23-20(26-19)22-17(24)11-13-7-4-6-12-5-2-3-8-14(12)13/h2-10H,11H2,1H3,(H,22,23,24). The van der Waals surface area contributed by atoms with Crippen molar-refractivity contribution in [2.24, 2.45) is 0 Å². The quantitative estimate of drug-likeness (QED) is 0.521. The molecule has 0 saturated carbocycles. The van der Waals surface area contributed by atoms with Crippen LogP contribution in [0.15, 0.2) is 54.6 Å². The lowest BCUT2D eigenvalue weighted by Crippen LogP contribution is -2.14. The summed E-state index contributed by atoms with van der Waals surface area (Å²) in [6, 6.07) is 17.6. The predicted molar refractivity (Wildman–Crippen MR) is 107 cm³/mol. The molecule has 4 rings (SSSR count). The van der Waals surface area contributed by atoms with E-state index in [0.717, 1.165) is 21.0 Å². The number of ether oxygens (including phenoxy) is 1. The van der Waals surface area contributed by atoms with Gasteiger partial charge < -0.3 is 10.1 Å². The largest absolute Gasteiger partial charge is 0.494 e. The van der Waals surface area contributed by atoms with Gasteiger partial charge in [-0.15, -0.1) is 0 Å². The normalized spacial score (nSPS) is 11.0. The molecule has 3 aromatic carbocycles. The molecule has 0 unspecified atom stereocenters. The van der Waals surface area contributed by atoms with Crippen LogP contribution in [-0.2, 0) is 11.2 Å². The topological polar surface area (TPSA) is 51.2 Å². The van der Waals surface area contributed by atoms with Crippen molar-refractivity contribution in [3.05, 3.63) is 65.2 Å². The number of fused-ring (bicyclic) bond motifs is 2. The molecule has 130 valence electrons. The van der Waals surface area contributed by atoms with E-state index in [1.165, 1.54) is 11.3 Å². The van der Waals surface area contributed by atoms with E-state index in [9.17, 15) is 4.79 Å². The maximum atomic E-state index is 12.5. The first-order valence-electron chi connectivity index (χ1n) is 8.05. The summed E-state index contributed by atoms with van der Waals surface area (Å²) < 4.78 is 6.12. The number of aromatic nitrogens is 1. The van der Waals surface area contributed by atoms with Gasteiger partial charge in [0, 0.05) is 0 Å². The Morgan fingerprint density at radius 3 is 2.81 bits per heavy atom. The Balaban J connectivity index is 1.60. The van der Waals surface area contributed by atoms with Crippen LogP contribution in [0.25, 0.3) is 21.0 Å². The molecule has 0 saturated heterocycles. The SMILES string of the molecule is COc1ccc(Cl)c2sc(NC(=O)Cc3cccc4ccccc34)nc12. The number of anilines is 1. The summed E-state index contributed by atoms with van der Waals surface area (Å²) in [5, 5.41) is 6.18. The summed E-state index contributed by atoms with van der Waals surface area (Å²) in [5.41, 5.74) is 1.64. The summed E-state index contributed by atoms with van der Waals surface area (Å²) in [4.78, 5) is 17.0. The van der Waals surface area contributed by atoms with Crippen LogP contribution in [0, 0.1) is 0 Å². The molecule has 1 aromatic heterocycles. The minimum absolute atomic E-state index is 0.115. The van der Waals surface area contributed by atoms with Gasteiger partial charge >= 0.3 is 0 Å². The Hall–Kier alpha value is -2.63. The molecule has 0 aliphatic rings. The number of nitrogens with zero attached hydrogens (tertiary/aromatic N) is 1. The second-order valence-corrected chi connectivity index (χ2v) is 7.22. The van der Waals surface area contributed by atoms with Gasteiger partial charge in [0.05, 0.1) is 23.3 Å². The van der Waals surface area contributed by atoms with Crippen LogP contribution in [-0.4, -0.2) is 18.0 Å². The van der Waals surface area contributed by atoms with Crippen LogP contribution in [0.5, 0.6) is 5.75 Å². The average Bonchev–Trinajstić information content (AvgIpc) is 3.07. The highest BCUT2D eigenvalue weighted by Gasteiger charge is 2.14. The Morgan fingerprint density at radius 1 is 1.15 bits per heavy atom. The third kappa shape index (κ3) is 3.11. The molecule has 1 heterocycles. The van der Waals surface area contributed by atoms with Crippen molar-refractivity contribution in [1.29, 1.82) is 0 Å². The summed E-state index contributed by atoms with van der Waals surface area (Å²) in [6.07, 6.45) is 0.280. The Bertz CT molecular complexity index is 1120. The van der Waals surface area contributed by atoms with E-state index in [0.29, 0.717) is 21.4 Å². The van der Waals surface area contributed by atoms with Gasteiger partial charge in [0.2, 0.25) is 5.91 Å². The maximum absolute atomic E-state index is 12.5. The molecule has 4 aromatic rings. The highest BCUT2D eigenvalue weighted by molar-refractivity contribution is 7.23. The number of rotatable bonds is 4. The summed E-state index contributed by atoms with van der Waals surface area (Å²) in [7, 11) is 1.58. The Labute approximate surface area is 159 Å². The zero-order valence-electron chi connectivity index (χ0n) is 14.0. The van der Waals surface area contributed by atoms with E-state index < -0.39 is 0 Å². The fourth-order valence-corrected chi connectivity index (χ4v) is 4.13. The smallest absolute Gasteiger partial charge is 0.230 e. The van der Waals surface area contributed by atoms with Crippen molar-refractivity contribution in [3.8, 4) is 5.75 Å². The lowest BCUT2D eigenvalue weighted by atomic mass is 10.0. The van der Waals surface area contributed by atoms with Crippen molar-refractivity contribution in [1.82, 2.24) is 4.98 Å². The number of carbonyl (C=O) groups excluding carboxylic acids is 1. The number of halogens is 1. The number of hydrogen-bond acceptors (Lipinski definition) is 4. The molecule has 0 aliphatic heterocycles. The Morgan fingerprint density at radius 2 is 1.96 bits per heavy atom. The average molecular weight is 383 g/mol. The van der Waals surface area contributed by atoms with E-state index in [2.05, 4.69) is 10.3 Å². The van der Waals surface area contributed by atoms with Gasteiger partial charge in [-0.25, -0.2) is 4.98 Å². The number of methoxy groups -OCH3 is 1. The lowest BCUT2D eigenvalue weighted by Gasteiger charge is -2.06. The molecule has 0 fully saturated rings. The first kappa shape index (κ1) is 16.8. The molecule has 0 aliphatic carbocycles. The third-order valence-corrected chi connectivity index (χ3v) is 5.59. The third-order valence-electron chi connectivity index (χ3n) is 4.16. The van der Waals surface area contributed by atoms with E-state index >= 15 is 0 Å². The van der Waals surface area contributed by atoms with Gasteiger partial charge in [-0.05, 0) is 28.5 Å². The lowest BCUT2D eigenvalue weighted by molar-refractivity contribution is -0.115. The van der Waals surface area contributed by atoms with Crippen LogP contribution in [0.3, 0.4) is 0 Å². The van der Waals surface area contributed by atoms with Crippen molar-refractivity contribution in [2.75, 3.05) is 12.4 Å². The molecule has 6 heteroatoms. The van der Waals surface area contributed by atoms with Crippen molar-refractivity contribution >= 4 is 55.0 Å². The van der Waals surface area contributed by atoms with E-state index in [1.807, 2.05) is 42.5 Å². The molecule has 0 spiro atoms. The van der Waals surface area contributed by atoms with Gasteiger partial charge in [0.1, 0.15) is 11.3 Å². The number of carbonyl (C=O) groups is 1. The molecule has 1 amide bonds. The van der Waals surface area contributed by atoms with Crippen molar-refractivity contribution < 1.29 is 9.53 Å². The van der Waals surface area contributed by atoms with Gasteiger partial charge in [0.25, 0.3) is 0 Å². The van der Waals surface area contributed by atoms with Gasteiger partial charge in [-0.1, -0.05) is 65.4 Å². The maximum Gasteiger partial charge on any atom is 0.230 e. The fourth-order valence-electron chi connectivity index (χ4n) is 2.95. The number of nitrogens with one attached hydrogen (secondary N) is 1. The molecular weight excluding hydrogens is 368 g/mol. The highest BCUT2D eigenvalue weighted by atomic mass is 35.5. The van der Waals surface area contributed by atoms with Crippen LogP contribution >= 0.6 is 22.9 Å². The number of amides is 1. The monoisotopic (exact) mass is 382 g/mol. The fraction of sp³-hybridized carbons (Fsp3) is 0.100. The minimum Gasteiger partial charge on any atom is -0.494 e. The molecule has 0 radical (unpaired) electrons. The van der Waals surface area contributed by atoms with E-state index in [4.69, 9.17) is 16.3 Å². The first-order valence-corrected chi connectivity index (χ1v) is 9.24. The van der Waals surface area contributed by atoms with Crippen LogP contribution < -0.4 is 10.1 Å². The zero-order chi connectivity index (χ0) is 18.1. The highest BCUT2D eigenvalue weighted by Crippen LogP contribution is 2.37. The van der Waals surface area contributed by atoms with Crippen LogP contribution in [0.1, 0.15) is 5.56 Å². The predicted octanol–water partition coefficient (Wildman–Crippen LogP) is 5.29. The second kappa shape index (κ2) is 6.94. The minimum atomic E-state index is -0.115. The Kier molecular flexibility index (Phi) is 4.49. The molecule has 26 heavy (non-hydrogen) atoms. The zero-order valence-corrected chi connectivity index (χ0v) is 15.5. The number of hydrogen-bond donors (Lipinski definition) is 1. The van der Waals surface area contributed by atoms with Crippen LogP contribution in [0.2, 0.25) is 5.02 Å². The summed E-state index contributed by atoms with van der Waals surface area (Å²) in [5.74, 6) is 0.519. The van der Waals surface area contributed by atoms with Gasteiger partial charge in [0.15, 0.2) is 5.13 Å². The molecular formula is C20H15ClN2O2S. The molecule has 1 N–H and O–H groups in total. The van der Waals surface area contributed by atoms with Crippen molar-refractivity contribution in [2.45, 2.75) is 6.42 Å². The van der Waals surface area contributed by atoms with E-state index in [1.54, 1.807) is 19.2 Å². The first-order chi connectivity index (χ1) is 12.7. The van der Waals surface area contributed by atoms with Crippen molar-refractivity contribution in [3.63, 3.8) is 0 Å². The van der Waals surface area contributed by atoms with E-state index in [-0.39, 0.29) is 12.3 Å². The second-order valence-electron chi connectivity index (χ2n) is 5.81. The number of benzene rings is 3. The van der Waals surface area contributed by atoms with Crippen LogP contribution in [0.4, 0.5) is 5.13 Å². The number of thiazole rings is 1.